The highest BCUT2D eigenvalue weighted by atomic mass is 16.7. The minimum atomic E-state index is -0.973. The van der Waals surface area contributed by atoms with E-state index in [1.54, 1.807) is 0 Å². The van der Waals surface area contributed by atoms with Crippen LogP contribution >= 0.6 is 0 Å². The molecule has 2 N–H and O–H groups in total. The van der Waals surface area contributed by atoms with Crippen molar-refractivity contribution in [3.05, 3.63) is 34.4 Å². The Kier molecular flexibility index (Phi) is 9.49. The van der Waals surface area contributed by atoms with Crippen molar-refractivity contribution in [1.82, 2.24) is 0 Å². The molecule has 1 atom stereocenters. The molecular formula is C20H27NO9. The van der Waals surface area contributed by atoms with E-state index >= 15 is 0 Å². The normalized spacial score (nSPS) is 15.4. The summed E-state index contributed by atoms with van der Waals surface area (Å²) in [5, 5.41) is 28.7. The maximum atomic E-state index is 12.2. The van der Waals surface area contributed by atoms with Crippen LogP contribution in [0.4, 0.5) is 10.5 Å². The lowest BCUT2D eigenvalue weighted by Crippen LogP contribution is -2.31. The van der Waals surface area contributed by atoms with E-state index in [1.807, 2.05) is 0 Å². The Hall–Kier alpha value is -2.72. The van der Waals surface area contributed by atoms with Crippen molar-refractivity contribution in [3.8, 4) is 5.75 Å². The maximum Gasteiger partial charge on any atom is 0.514 e. The number of nitro groups is 1. The summed E-state index contributed by atoms with van der Waals surface area (Å²) in [6.45, 7) is -0.960. The van der Waals surface area contributed by atoms with Gasteiger partial charge in [0, 0.05) is 18.6 Å². The van der Waals surface area contributed by atoms with E-state index in [9.17, 15) is 19.7 Å². The van der Waals surface area contributed by atoms with E-state index in [0.717, 1.165) is 32.1 Å². The van der Waals surface area contributed by atoms with E-state index in [-0.39, 0.29) is 30.2 Å². The van der Waals surface area contributed by atoms with Crippen molar-refractivity contribution >= 4 is 17.8 Å². The van der Waals surface area contributed by atoms with Gasteiger partial charge in [-0.2, -0.15) is 0 Å². The Labute approximate surface area is 173 Å². The molecule has 0 heterocycles. The number of benzene rings is 1. The van der Waals surface area contributed by atoms with Gasteiger partial charge in [-0.3, -0.25) is 14.9 Å². The number of rotatable bonds is 10. The third kappa shape index (κ3) is 7.60. The van der Waals surface area contributed by atoms with Crippen molar-refractivity contribution in [2.75, 3.05) is 13.2 Å². The zero-order valence-corrected chi connectivity index (χ0v) is 16.6. The molecule has 0 amide bonds. The standard InChI is InChI=1S/C20H27NO9/c22-12-17(13-23)28-19(24)11-10-18(14-4-2-1-3-5-14)30-20(25)29-16-8-6-15(7-9-16)21(26)27/h6-9,14,17-18,22-23H,1-5,10-13H2. The summed E-state index contributed by atoms with van der Waals surface area (Å²) < 4.78 is 15.5. The van der Waals surface area contributed by atoms with Crippen LogP contribution in [0.15, 0.2) is 24.3 Å². The lowest BCUT2D eigenvalue weighted by molar-refractivity contribution is -0.384. The third-order valence-electron chi connectivity index (χ3n) is 5.01. The minimum absolute atomic E-state index is 0.0392. The molecule has 0 radical (unpaired) electrons. The topological polar surface area (TPSA) is 145 Å². The van der Waals surface area contributed by atoms with Crippen LogP contribution in [0, 0.1) is 16.0 Å². The zero-order chi connectivity index (χ0) is 21.9. The summed E-state index contributed by atoms with van der Waals surface area (Å²) in [5.41, 5.74) is -0.127. The molecular weight excluding hydrogens is 398 g/mol. The SMILES string of the molecule is O=C(CCC(OC(=O)Oc1ccc([N+](=O)[O-])cc1)C1CCCCC1)OC(CO)CO. The molecule has 10 heteroatoms. The first-order chi connectivity index (χ1) is 14.4. The van der Waals surface area contributed by atoms with Crippen LogP contribution in [0.5, 0.6) is 5.75 Å². The first-order valence-corrected chi connectivity index (χ1v) is 9.97. The molecule has 0 saturated heterocycles. The van der Waals surface area contributed by atoms with Crippen LogP contribution in [0.1, 0.15) is 44.9 Å². The van der Waals surface area contributed by atoms with Crippen molar-refractivity contribution in [3.63, 3.8) is 0 Å². The fourth-order valence-corrected chi connectivity index (χ4v) is 3.41. The number of nitrogens with zero attached hydrogens (tertiary/aromatic N) is 1. The molecule has 1 aromatic carbocycles. The van der Waals surface area contributed by atoms with Gasteiger partial charge >= 0.3 is 12.1 Å². The molecule has 0 spiro atoms. The molecule has 0 aromatic heterocycles. The Morgan fingerprint density at radius 2 is 1.70 bits per heavy atom. The van der Waals surface area contributed by atoms with Gasteiger partial charge in [-0.25, -0.2) is 4.79 Å². The van der Waals surface area contributed by atoms with E-state index in [4.69, 9.17) is 24.4 Å². The van der Waals surface area contributed by atoms with E-state index in [2.05, 4.69) is 0 Å². The van der Waals surface area contributed by atoms with Crippen LogP contribution in [0.3, 0.4) is 0 Å². The van der Waals surface area contributed by atoms with Crippen molar-refractivity contribution in [2.45, 2.75) is 57.2 Å². The Morgan fingerprint density at radius 1 is 1.07 bits per heavy atom. The number of carbonyl (C=O) groups is 2. The van der Waals surface area contributed by atoms with Gasteiger partial charge < -0.3 is 24.4 Å². The number of hydrogen-bond acceptors (Lipinski definition) is 9. The molecule has 1 aliphatic rings. The molecule has 0 bridgehead atoms. The van der Waals surface area contributed by atoms with Crippen LogP contribution < -0.4 is 4.74 Å². The molecule has 1 fully saturated rings. The smallest absolute Gasteiger partial charge is 0.457 e. The van der Waals surface area contributed by atoms with Gasteiger partial charge in [-0.15, -0.1) is 0 Å². The fraction of sp³-hybridized carbons (Fsp3) is 0.600. The molecule has 2 rings (SSSR count). The maximum absolute atomic E-state index is 12.2. The van der Waals surface area contributed by atoms with Crippen molar-refractivity contribution in [2.24, 2.45) is 5.92 Å². The first-order valence-electron chi connectivity index (χ1n) is 9.97. The van der Waals surface area contributed by atoms with Gasteiger partial charge in [0.2, 0.25) is 0 Å². The van der Waals surface area contributed by atoms with E-state index in [1.165, 1.54) is 24.3 Å². The van der Waals surface area contributed by atoms with Gasteiger partial charge in [0.1, 0.15) is 18.0 Å². The molecule has 1 saturated carbocycles. The second kappa shape index (κ2) is 12.1. The Bertz CT molecular complexity index is 697. The Morgan fingerprint density at radius 3 is 2.27 bits per heavy atom. The largest absolute Gasteiger partial charge is 0.514 e. The van der Waals surface area contributed by atoms with Crippen LogP contribution in [-0.4, -0.2) is 52.7 Å². The summed E-state index contributed by atoms with van der Waals surface area (Å²) in [6.07, 6.45) is 2.55. The average molecular weight is 425 g/mol. The lowest BCUT2D eigenvalue weighted by atomic mass is 9.83. The number of esters is 1. The van der Waals surface area contributed by atoms with Crippen LogP contribution in [0.2, 0.25) is 0 Å². The molecule has 1 aliphatic carbocycles. The number of aliphatic hydroxyl groups excluding tert-OH is 2. The van der Waals surface area contributed by atoms with E-state index in [0.29, 0.717) is 0 Å². The number of nitro benzene ring substituents is 1. The second-order valence-corrected chi connectivity index (χ2v) is 7.17. The minimum Gasteiger partial charge on any atom is -0.457 e. The number of non-ortho nitro benzene ring substituents is 1. The highest BCUT2D eigenvalue weighted by Gasteiger charge is 2.29. The summed E-state index contributed by atoms with van der Waals surface area (Å²) in [4.78, 5) is 34.3. The molecule has 1 unspecified atom stereocenters. The van der Waals surface area contributed by atoms with Gasteiger partial charge in [0.15, 0.2) is 0 Å². The Balaban J connectivity index is 1.94. The highest BCUT2D eigenvalue weighted by molar-refractivity contribution is 5.69. The molecule has 30 heavy (non-hydrogen) atoms. The summed E-state index contributed by atoms with van der Waals surface area (Å²) in [7, 11) is 0. The molecule has 166 valence electrons. The number of ether oxygens (including phenoxy) is 3. The average Bonchev–Trinajstić information content (AvgIpc) is 2.75. The number of carbonyl (C=O) groups excluding carboxylic acids is 2. The zero-order valence-electron chi connectivity index (χ0n) is 16.6. The second-order valence-electron chi connectivity index (χ2n) is 7.17. The van der Waals surface area contributed by atoms with Crippen molar-refractivity contribution < 1.29 is 38.9 Å². The molecule has 1 aromatic rings. The summed E-state index contributed by atoms with van der Waals surface area (Å²) >= 11 is 0. The van der Waals surface area contributed by atoms with Gasteiger partial charge in [0.25, 0.3) is 5.69 Å². The highest BCUT2D eigenvalue weighted by Crippen LogP contribution is 2.30. The number of hydrogen-bond donors (Lipinski definition) is 2. The molecule has 10 nitrogen and oxygen atoms in total. The predicted molar refractivity (Wildman–Crippen MR) is 104 cm³/mol. The van der Waals surface area contributed by atoms with Gasteiger partial charge in [-0.05, 0) is 37.3 Å². The van der Waals surface area contributed by atoms with Crippen LogP contribution in [0.25, 0.3) is 0 Å². The van der Waals surface area contributed by atoms with Crippen molar-refractivity contribution in [1.29, 1.82) is 0 Å². The summed E-state index contributed by atoms with van der Waals surface area (Å²) in [6, 6.07) is 5.04. The molecule has 0 aliphatic heterocycles. The van der Waals surface area contributed by atoms with Gasteiger partial charge in [-0.1, -0.05) is 19.3 Å². The summed E-state index contributed by atoms with van der Waals surface area (Å²) in [5.74, 6) is -0.403. The number of aliphatic hydroxyl groups is 2. The predicted octanol–water partition coefficient (Wildman–Crippen LogP) is 2.74. The monoisotopic (exact) mass is 425 g/mol. The first kappa shape index (κ1) is 23.6. The van der Waals surface area contributed by atoms with Crippen LogP contribution in [-0.2, 0) is 14.3 Å². The quantitative estimate of drug-likeness (QED) is 0.250. The van der Waals surface area contributed by atoms with E-state index < -0.39 is 42.5 Å². The fourth-order valence-electron chi connectivity index (χ4n) is 3.41. The third-order valence-corrected chi connectivity index (χ3v) is 5.01. The lowest BCUT2D eigenvalue weighted by Gasteiger charge is -2.29. The van der Waals surface area contributed by atoms with Gasteiger partial charge in [0.05, 0.1) is 18.1 Å².